The topological polar surface area (TPSA) is 37.9 Å². The molecule has 3 aromatic rings. The number of methoxy groups -OCH3 is 1. The van der Waals surface area contributed by atoms with Crippen LogP contribution in [0.2, 0.25) is 0 Å². The van der Waals surface area contributed by atoms with Crippen LogP contribution in [0.3, 0.4) is 0 Å². The number of benzene rings is 1. The lowest BCUT2D eigenvalue weighted by atomic mass is 10.1. The third-order valence-electron chi connectivity index (χ3n) is 2.51. The van der Waals surface area contributed by atoms with Crippen LogP contribution in [0.15, 0.2) is 35.7 Å². The standard InChI is InChI=1S/C12H10N2OS/c1-15-9-4-2-3-8(7-9)11-12-10(13-14-11)5-6-16-12/h2-7H,1H3,(H,13,14). The van der Waals surface area contributed by atoms with Crippen molar-refractivity contribution in [3.05, 3.63) is 35.7 Å². The maximum Gasteiger partial charge on any atom is 0.119 e. The summed E-state index contributed by atoms with van der Waals surface area (Å²) in [6.07, 6.45) is 0. The largest absolute Gasteiger partial charge is 0.497 e. The van der Waals surface area contributed by atoms with Gasteiger partial charge in [-0.2, -0.15) is 5.10 Å². The van der Waals surface area contributed by atoms with Gasteiger partial charge in [0.25, 0.3) is 0 Å². The Bertz CT molecular complexity index is 627. The number of nitrogens with one attached hydrogen (secondary N) is 1. The Morgan fingerprint density at radius 2 is 2.25 bits per heavy atom. The molecule has 3 rings (SSSR count). The van der Waals surface area contributed by atoms with E-state index < -0.39 is 0 Å². The lowest BCUT2D eigenvalue weighted by Gasteiger charge is -2.01. The Balaban J connectivity index is 2.19. The maximum absolute atomic E-state index is 5.21. The minimum atomic E-state index is 0.852. The van der Waals surface area contributed by atoms with Crippen LogP contribution in [0.1, 0.15) is 0 Å². The summed E-state index contributed by atoms with van der Waals surface area (Å²) in [6, 6.07) is 9.98. The Labute approximate surface area is 96.7 Å². The molecular formula is C12H10N2OS. The zero-order chi connectivity index (χ0) is 11.0. The van der Waals surface area contributed by atoms with Crippen molar-refractivity contribution in [1.82, 2.24) is 10.2 Å². The summed E-state index contributed by atoms with van der Waals surface area (Å²) >= 11 is 1.69. The first-order valence-electron chi connectivity index (χ1n) is 4.94. The van der Waals surface area contributed by atoms with Crippen molar-refractivity contribution in [2.45, 2.75) is 0 Å². The summed E-state index contributed by atoms with van der Waals surface area (Å²) in [7, 11) is 1.67. The molecule has 0 fully saturated rings. The molecule has 16 heavy (non-hydrogen) atoms. The predicted octanol–water partition coefficient (Wildman–Crippen LogP) is 3.30. The summed E-state index contributed by atoms with van der Waals surface area (Å²) in [6.45, 7) is 0. The van der Waals surface area contributed by atoms with E-state index in [1.807, 2.05) is 30.3 Å². The maximum atomic E-state index is 5.21. The summed E-state index contributed by atoms with van der Waals surface area (Å²) in [5, 5.41) is 9.42. The van der Waals surface area contributed by atoms with Gasteiger partial charge >= 0.3 is 0 Å². The number of fused-ring (bicyclic) bond motifs is 1. The molecule has 0 aliphatic rings. The van der Waals surface area contributed by atoms with Gasteiger partial charge in [0, 0.05) is 5.56 Å². The van der Waals surface area contributed by atoms with Crippen molar-refractivity contribution < 1.29 is 4.74 Å². The molecule has 0 atom stereocenters. The minimum absolute atomic E-state index is 0.852. The summed E-state index contributed by atoms with van der Waals surface area (Å²) in [5.41, 5.74) is 3.15. The number of thiophene rings is 1. The van der Waals surface area contributed by atoms with Crippen LogP contribution >= 0.6 is 11.3 Å². The van der Waals surface area contributed by atoms with Gasteiger partial charge < -0.3 is 4.74 Å². The predicted molar refractivity (Wildman–Crippen MR) is 66.0 cm³/mol. The van der Waals surface area contributed by atoms with E-state index in [9.17, 15) is 0 Å². The van der Waals surface area contributed by atoms with E-state index in [1.54, 1.807) is 18.4 Å². The zero-order valence-corrected chi connectivity index (χ0v) is 9.54. The van der Waals surface area contributed by atoms with Gasteiger partial charge in [-0.3, -0.25) is 5.10 Å². The van der Waals surface area contributed by atoms with Gasteiger partial charge in [-0.05, 0) is 23.6 Å². The number of aromatic nitrogens is 2. The lowest BCUT2D eigenvalue weighted by molar-refractivity contribution is 0.415. The van der Waals surface area contributed by atoms with Crippen molar-refractivity contribution in [3.8, 4) is 17.0 Å². The molecule has 0 saturated heterocycles. The molecule has 0 aliphatic carbocycles. The fraction of sp³-hybridized carbons (Fsp3) is 0.0833. The highest BCUT2D eigenvalue weighted by atomic mass is 32.1. The highest BCUT2D eigenvalue weighted by Gasteiger charge is 2.09. The fourth-order valence-electron chi connectivity index (χ4n) is 1.71. The monoisotopic (exact) mass is 230 g/mol. The third-order valence-corrected chi connectivity index (χ3v) is 3.43. The number of ether oxygens (including phenoxy) is 1. The minimum Gasteiger partial charge on any atom is -0.497 e. The Kier molecular flexibility index (Phi) is 2.15. The second kappa shape index (κ2) is 3.64. The molecule has 0 radical (unpaired) electrons. The average molecular weight is 230 g/mol. The van der Waals surface area contributed by atoms with Crippen molar-refractivity contribution in [3.63, 3.8) is 0 Å². The number of aromatic amines is 1. The first-order chi connectivity index (χ1) is 7.88. The third kappa shape index (κ3) is 1.39. The molecule has 2 heterocycles. The van der Waals surface area contributed by atoms with Gasteiger partial charge in [0.2, 0.25) is 0 Å². The van der Waals surface area contributed by atoms with E-state index in [4.69, 9.17) is 4.74 Å². The number of hydrogen-bond acceptors (Lipinski definition) is 3. The smallest absolute Gasteiger partial charge is 0.119 e. The van der Waals surface area contributed by atoms with E-state index in [2.05, 4.69) is 15.6 Å². The molecular weight excluding hydrogens is 220 g/mol. The first-order valence-corrected chi connectivity index (χ1v) is 5.82. The molecule has 0 unspecified atom stereocenters. The van der Waals surface area contributed by atoms with Crippen LogP contribution in [0.4, 0.5) is 0 Å². The van der Waals surface area contributed by atoms with Gasteiger partial charge in [0.15, 0.2) is 0 Å². The normalized spacial score (nSPS) is 10.8. The second-order valence-electron chi connectivity index (χ2n) is 3.47. The van der Waals surface area contributed by atoms with E-state index in [1.165, 1.54) is 4.70 Å². The number of H-pyrrole nitrogens is 1. The second-order valence-corrected chi connectivity index (χ2v) is 4.38. The Morgan fingerprint density at radius 3 is 3.12 bits per heavy atom. The van der Waals surface area contributed by atoms with Crippen LogP contribution in [-0.2, 0) is 0 Å². The van der Waals surface area contributed by atoms with Crippen molar-refractivity contribution >= 4 is 21.6 Å². The quantitative estimate of drug-likeness (QED) is 0.733. The number of hydrogen-bond donors (Lipinski definition) is 1. The lowest BCUT2D eigenvalue weighted by Crippen LogP contribution is -1.83. The molecule has 80 valence electrons. The van der Waals surface area contributed by atoms with Crippen LogP contribution in [0.5, 0.6) is 5.75 Å². The SMILES string of the molecule is COc1cccc(-c2n[nH]c3ccsc23)c1. The molecule has 0 amide bonds. The number of rotatable bonds is 2. The van der Waals surface area contributed by atoms with Crippen LogP contribution in [-0.4, -0.2) is 17.3 Å². The molecule has 0 aliphatic heterocycles. The van der Waals surface area contributed by atoms with Gasteiger partial charge in [-0.1, -0.05) is 12.1 Å². The molecule has 0 saturated carbocycles. The fourth-order valence-corrected chi connectivity index (χ4v) is 2.57. The van der Waals surface area contributed by atoms with Crippen LogP contribution < -0.4 is 4.74 Å². The first kappa shape index (κ1) is 9.42. The molecule has 1 N–H and O–H groups in total. The van der Waals surface area contributed by atoms with E-state index in [0.29, 0.717) is 0 Å². The molecule has 1 aromatic carbocycles. The molecule has 2 aromatic heterocycles. The van der Waals surface area contributed by atoms with Crippen molar-refractivity contribution in [2.75, 3.05) is 7.11 Å². The zero-order valence-electron chi connectivity index (χ0n) is 8.73. The molecule has 0 spiro atoms. The molecule has 3 nitrogen and oxygen atoms in total. The summed E-state index contributed by atoms with van der Waals surface area (Å²) in [5.74, 6) is 0.852. The van der Waals surface area contributed by atoms with Gasteiger partial charge in [0.05, 0.1) is 17.3 Å². The highest BCUT2D eigenvalue weighted by molar-refractivity contribution is 7.17. The van der Waals surface area contributed by atoms with E-state index in [0.717, 1.165) is 22.5 Å². The van der Waals surface area contributed by atoms with E-state index in [-0.39, 0.29) is 0 Å². The van der Waals surface area contributed by atoms with E-state index >= 15 is 0 Å². The summed E-state index contributed by atoms with van der Waals surface area (Å²) < 4.78 is 6.40. The Hall–Kier alpha value is -1.81. The van der Waals surface area contributed by atoms with Gasteiger partial charge in [-0.15, -0.1) is 11.3 Å². The summed E-state index contributed by atoms with van der Waals surface area (Å²) in [4.78, 5) is 0. The molecule has 4 heteroatoms. The van der Waals surface area contributed by atoms with Crippen molar-refractivity contribution in [2.24, 2.45) is 0 Å². The van der Waals surface area contributed by atoms with Crippen LogP contribution in [0.25, 0.3) is 21.5 Å². The number of nitrogens with zero attached hydrogens (tertiary/aromatic N) is 1. The Morgan fingerprint density at radius 1 is 1.31 bits per heavy atom. The highest BCUT2D eigenvalue weighted by Crippen LogP contribution is 2.31. The van der Waals surface area contributed by atoms with Gasteiger partial charge in [0.1, 0.15) is 11.4 Å². The molecule has 0 bridgehead atoms. The van der Waals surface area contributed by atoms with Crippen molar-refractivity contribution in [1.29, 1.82) is 0 Å². The average Bonchev–Trinajstić information content (AvgIpc) is 2.90. The van der Waals surface area contributed by atoms with Gasteiger partial charge in [-0.25, -0.2) is 0 Å². The van der Waals surface area contributed by atoms with Crippen LogP contribution in [0, 0.1) is 0 Å².